The second-order valence-electron chi connectivity index (χ2n) is 12.7. The number of hydrogen-bond donors (Lipinski definition) is 3. The van der Waals surface area contributed by atoms with Crippen LogP contribution in [0.25, 0.3) is 0 Å². The smallest absolute Gasteiger partial charge is 0.338 e. The fourth-order valence-corrected chi connectivity index (χ4v) is 6.66. The Morgan fingerprint density at radius 1 is 1.00 bits per heavy atom. The van der Waals surface area contributed by atoms with E-state index in [1.807, 2.05) is 18.2 Å². The molecule has 2 heterocycles. The first-order chi connectivity index (χ1) is 22.9. The van der Waals surface area contributed by atoms with E-state index in [9.17, 15) is 14.4 Å². The highest BCUT2D eigenvalue weighted by molar-refractivity contribution is 5.89. The summed E-state index contributed by atoms with van der Waals surface area (Å²) in [6.07, 6.45) is 11.9. The molecular weight excluding hydrogens is 598 g/mol. The molecular formula is C36H49N5O6. The van der Waals surface area contributed by atoms with Crippen molar-refractivity contribution in [2.75, 3.05) is 19.8 Å². The van der Waals surface area contributed by atoms with Crippen molar-refractivity contribution >= 4 is 29.5 Å². The van der Waals surface area contributed by atoms with E-state index in [-0.39, 0.29) is 37.8 Å². The van der Waals surface area contributed by atoms with Gasteiger partial charge in [0.05, 0.1) is 30.6 Å². The van der Waals surface area contributed by atoms with E-state index < -0.39 is 11.9 Å². The zero-order chi connectivity index (χ0) is 33.0. The molecule has 2 aromatic carbocycles. The molecule has 4 N–H and O–H groups in total. The molecule has 254 valence electrons. The Morgan fingerprint density at radius 3 is 2.72 bits per heavy atom. The van der Waals surface area contributed by atoms with Gasteiger partial charge in [0.25, 0.3) is 0 Å². The van der Waals surface area contributed by atoms with Crippen molar-refractivity contribution in [2.45, 2.75) is 103 Å². The van der Waals surface area contributed by atoms with Crippen molar-refractivity contribution < 1.29 is 28.6 Å². The van der Waals surface area contributed by atoms with Crippen molar-refractivity contribution in [1.82, 2.24) is 15.5 Å². The van der Waals surface area contributed by atoms with E-state index in [0.717, 1.165) is 55.0 Å². The summed E-state index contributed by atoms with van der Waals surface area (Å²) >= 11 is 0. The number of carbonyl (C=O) groups is 3. The standard InChI is InChI=1S/C36H49N5O6/c1-2-45-35(44)27-12-9-10-25(20-27)24-47-34(43)23-41-22-28-15-17-29(21-31(28)39-36(41)37)46-19-8-4-3-5-14-33(42)40-32-18-16-26-11-6-7-13-30(26)38-32/h9-10,12,15,17,20-21,26,30,32,38H,2-8,11,13-14,16,18-19,22-24H2,1H3,(H2,37,39)(H,40,42). The average molecular weight is 648 g/mol. The molecule has 2 aliphatic heterocycles. The van der Waals surface area contributed by atoms with Gasteiger partial charge in [-0.1, -0.05) is 43.9 Å². The Bertz CT molecular complexity index is 1410. The van der Waals surface area contributed by atoms with Gasteiger partial charge in [0.15, 0.2) is 5.96 Å². The third-order valence-corrected chi connectivity index (χ3v) is 9.19. The largest absolute Gasteiger partial charge is 0.494 e. The summed E-state index contributed by atoms with van der Waals surface area (Å²) in [5.41, 5.74) is 8.94. The van der Waals surface area contributed by atoms with Crippen LogP contribution in [0.5, 0.6) is 5.75 Å². The second kappa shape index (κ2) is 17.2. The van der Waals surface area contributed by atoms with Crippen LogP contribution in [0.4, 0.5) is 5.69 Å². The molecule has 0 bridgehead atoms. The topological polar surface area (TPSA) is 145 Å². The van der Waals surface area contributed by atoms with E-state index in [4.69, 9.17) is 19.9 Å². The quantitative estimate of drug-likeness (QED) is 0.178. The van der Waals surface area contributed by atoms with Gasteiger partial charge in [-0.3, -0.25) is 14.9 Å². The van der Waals surface area contributed by atoms with Crippen LogP contribution in [0.2, 0.25) is 0 Å². The third-order valence-electron chi connectivity index (χ3n) is 9.19. The number of nitrogens with one attached hydrogen (secondary N) is 2. The van der Waals surface area contributed by atoms with Gasteiger partial charge in [-0.15, -0.1) is 0 Å². The highest BCUT2D eigenvalue weighted by Crippen LogP contribution is 2.32. The van der Waals surface area contributed by atoms with Crippen LogP contribution in [0.15, 0.2) is 47.5 Å². The Labute approximate surface area is 277 Å². The van der Waals surface area contributed by atoms with Crippen molar-refractivity contribution in [3.05, 3.63) is 59.2 Å². The number of ether oxygens (including phenoxy) is 3. The first-order valence-corrected chi connectivity index (χ1v) is 17.2. The Hall–Kier alpha value is -4.12. The van der Waals surface area contributed by atoms with Gasteiger partial charge < -0.3 is 30.2 Å². The minimum Gasteiger partial charge on any atom is -0.494 e. The number of benzene rings is 2. The zero-order valence-corrected chi connectivity index (χ0v) is 27.5. The number of nitrogens with zero attached hydrogens (tertiary/aromatic N) is 2. The van der Waals surface area contributed by atoms with Gasteiger partial charge in [0.1, 0.15) is 18.9 Å². The molecule has 47 heavy (non-hydrogen) atoms. The molecule has 11 nitrogen and oxygen atoms in total. The molecule has 3 aliphatic rings. The van der Waals surface area contributed by atoms with E-state index in [1.54, 1.807) is 36.1 Å². The summed E-state index contributed by atoms with van der Waals surface area (Å²) in [6.45, 7) is 3.02. The highest BCUT2D eigenvalue weighted by Gasteiger charge is 2.32. The second-order valence-corrected chi connectivity index (χ2v) is 12.7. The summed E-state index contributed by atoms with van der Waals surface area (Å²) in [4.78, 5) is 43.2. The van der Waals surface area contributed by atoms with Crippen LogP contribution in [0.1, 0.15) is 99.0 Å². The van der Waals surface area contributed by atoms with Gasteiger partial charge in [-0.05, 0) is 80.7 Å². The maximum Gasteiger partial charge on any atom is 0.338 e. The molecule has 5 rings (SSSR count). The van der Waals surface area contributed by atoms with Crippen molar-refractivity contribution in [2.24, 2.45) is 16.6 Å². The number of guanidine groups is 1. The van der Waals surface area contributed by atoms with Gasteiger partial charge in [-0.25, -0.2) is 9.79 Å². The number of fused-ring (bicyclic) bond motifs is 2. The molecule has 0 spiro atoms. The normalized spacial score (nSPS) is 20.3. The molecule has 1 saturated carbocycles. The molecule has 3 atom stereocenters. The lowest BCUT2D eigenvalue weighted by Crippen LogP contribution is -2.56. The Kier molecular flexibility index (Phi) is 12.5. The number of piperidine rings is 1. The van der Waals surface area contributed by atoms with Crippen LogP contribution in [-0.2, 0) is 32.2 Å². The minimum absolute atomic E-state index is 0.0301. The Morgan fingerprint density at radius 2 is 1.85 bits per heavy atom. The number of carbonyl (C=O) groups excluding carboxylic acids is 3. The summed E-state index contributed by atoms with van der Waals surface area (Å²) in [6, 6.07) is 13.1. The fraction of sp³-hybridized carbons (Fsp3) is 0.556. The van der Waals surface area contributed by atoms with Crippen molar-refractivity contribution in [1.29, 1.82) is 0 Å². The molecule has 1 amide bonds. The SMILES string of the molecule is CCOC(=O)c1cccc(COC(=O)CN2Cc3ccc(OCCCCCCC(=O)NC4CCC5CCCCC5N4)cc3N=C2N)c1. The van der Waals surface area contributed by atoms with E-state index >= 15 is 0 Å². The number of nitrogens with two attached hydrogens (primary N) is 1. The summed E-state index contributed by atoms with van der Waals surface area (Å²) in [7, 11) is 0. The van der Waals surface area contributed by atoms with Gasteiger partial charge >= 0.3 is 11.9 Å². The molecule has 1 aliphatic carbocycles. The highest BCUT2D eigenvalue weighted by atomic mass is 16.5. The van der Waals surface area contributed by atoms with Crippen molar-refractivity contribution in [3.8, 4) is 5.75 Å². The number of esters is 2. The predicted octanol–water partition coefficient (Wildman–Crippen LogP) is 5.08. The lowest BCUT2D eigenvalue weighted by Gasteiger charge is -2.40. The first kappa shape index (κ1) is 34.2. The number of hydrogen-bond acceptors (Lipinski definition) is 10. The summed E-state index contributed by atoms with van der Waals surface area (Å²) in [5, 5.41) is 6.87. The van der Waals surface area contributed by atoms with Gasteiger partial charge in [-0.2, -0.15) is 0 Å². The molecule has 2 fully saturated rings. The Balaban J connectivity index is 0.960. The molecule has 2 aromatic rings. The molecule has 3 unspecified atom stereocenters. The van der Waals surface area contributed by atoms with Crippen LogP contribution in [0, 0.1) is 5.92 Å². The molecule has 0 radical (unpaired) electrons. The lowest BCUT2D eigenvalue weighted by atomic mass is 9.79. The van der Waals surface area contributed by atoms with E-state index in [2.05, 4.69) is 15.6 Å². The fourth-order valence-electron chi connectivity index (χ4n) is 6.66. The van der Waals surface area contributed by atoms with Crippen LogP contribution < -0.4 is 21.1 Å². The predicted molar refractivity (Wildman–Crippen MR) is 179 cm³/mol. The van der Waals surface area contributed by atoms with Crippen LogP contribution in [-0.4, -0.2) is 60.7 Å². The maximum absolute atomic E-state index is 12.6. The molecule has 11 heteroatoms. The van der Waals surface area contributed by atoms with Crippen LogP contribution in [0.3, 0.4) is 0 Å². The van der Waals surface area contributed by atoms with Crippen molar-refractivity contribution in [3.63, 3.8) is 0 Å². The molecule has 0 aromatic heterocycles. The maximum atomic E-state index is 12.6. The first-order valence-electron chi connectivity index (χ1n) is 17.2. The number of amides is 1. The number of unbranched alkanes of at least 4 members (excludes halogenated alkanes) is 3. The lowest BCUT2D eigenvalue weighted by molar-refractivity contribution is -0.145. The van der Waals surface area contributed by atoms with Crippen LogP contribution >= 0.6 is 0 Å². The number of aliphatic imine (C=N–C) groups is 1. The van der Waals surface area contributed by atoms with Gasteiger partial charge in [0.2, 0.25) is 5.91 Å². The van der Waals surface area contributed by atoms with Gasteiger partial charge in [0, 0.05) is 25.1 Å². The zero-order valence-electron chi connectivity index (χ0n) is 27.5. The summed E-state index contributed by atoms with van der Waals surface area (Å²) < 4.78 is 16.4. The monoisotopic (exact) mass is 647 g/mol. The van der Waals surface area contributed by atoms with E-state index in [0.29, 0.717) is 36.7 Å². The molecule has 1 saturated heterocycles. The van der Waals surface area contributed by atoms with E-state index in [1.165, 1.54) is 32.1 Å². The minimum atomic E-state index is -0.452. The third kappa shape index (κ3) is 10.2. The summed E-state index contributed by atoms with van der Waals surface area (Å²) in [5.74, 6) is 1.03. The average Bonchev–Trinajstić information content (AvgIpc) is 3.07. The number of rotatable bonds is 15.